The summed E-state index contributed by atoms with van der Waals surface area (Å²) in [5.41, 5.74) is 5.53. The lowest BCUT2D eigenvalue weighted by Crippen LogP contribution is -2.59. The second-order valence-electron chi connectivity index (χ2n) is 22.8. The first-order valence-electron chi connectivity index (χ1n) is 23.0. The molecular formula is C51H92N2O6. The Morgan fingerprint density at radius 1 is 0.644 bits per heavy atom. The highest BCUT2D eigenvalue weighted by Crippen LogP contribution is 2.38. The number of unbranched alkanes of at least 4 members (excludes halogenated alkanes) is 5. The summed E-state index contributed by atoms with van der Waals surface area (Å²) in [6, 6.07) is 4.60. The zero-order chi connectivity index (χ0) is 43.7. The molecule has 0 aliphatic carbocycles. The largest absolute Gasteiger partial charge is 0.462 e. The van der Waals surface area contributed by atoms with Gasteiger partial charge in [0.2, 0.25) is 0 Å². The summed E-state index contributed by atoms with van der Waals surface area (Å²) in [4.78, 5) is 24.6. The molecule has 0 atom stereocenters. The number of rotatable bonds is 14. The lowest BCUT2D eigenvalue weighted by atomic mass is 9.75. The van der Waals surface area contributed by atoms with Gasteiger partial charge in [-0.3, -0.25) is 9.59 Å². The van der Waals surface area contributed by atoms with E-state index in [1.165, 1.54) is 35.1 Å². The van der Waals surface area contributed by atoms with Crippen LogP contribution in [0.3, 0.4) is 0 Å². The number of esters is 2. The van der Waals surface area contributed by atoms with Crippen LogP contribution in [0, 0.1) is 12.8 Å². The van der Waals surface area contributed by atoms with Gasteiger partial charge in [0, 0.05) is 72.2 Å². The average molecular weight is 829 g/mol. The van der Waals surface area contributed by atoms with Gasteiger partial charge in [0.05, 0.1) is 13.2 Å². The van der Waals surface area contributed by atoms with Crippen LogP contribution in [0.15, 0.2) is 12.1 Å². The van der Waals surface area contributed by atoms with Gasteiger partial charge in [-0.1, -0.05) is 88.0 Å². The van der Waals surface area contributed by atoms with Crippen molar-refractivity contribution in [3.8, 4) is 0 Å². The van der Waals surface area contributed by atoms with Gasteiger partial charge in [0.1, 0.15) is 12.2 Å². The van der Waals surface area contributed by atoms with E-state index in [-0.39, 0.29) is 70.8 Å². The zero-order valence-electron chi connectivity index (χ0n) is 40.2. The molecule has 0 unspecified atom stereocenters. The topological polar surface area (TPSA) is 95.1 Å². The number of carbonyl (C=O) groups excluding carboxylic acids is 2. The number of piperidine rings is 2. The Morgan fingerprint density at radius 2 is 0.983 bits per heavy atom. The highest BCUT2D eigenvalue weighted by Gasteiger charge is 2.40. The molecule has 4 rings (SSSR count). The highest BCUT2D eigenvalue weighted by molar-refractivity contribution is 5.70. The van der Waals surface area contributed by atoms with Crippen LogP contribution < -0.4 is 10.6 Å². The van der Waals surface area contributed by atoms with Gasteiger partial charge < -0.3 is 29.6 Å². The average Bonchev–Trinajstić information content (AvgIpc) is 3.03. The van der Waals surface area contributed by atoms with E-state index in [1.807, 2.05) is 0 Å². The monoisotopic (exact) mass is 829 g/mol. The minimum Gasteiger partial charge on any atom is -0.462 e. The molecule has 0 spiro atoms. The molecular weight excluding hydrogens is 737 g/mol. The van der Waals surface area contributed by atoms with Gasteiger partial charge in [-0.15, -0.1) is 0 Å². The van der Waals surface area contributed by atoms with Crippen LogP contribution in [0.1, 0.15) is 230 Å². The first-order chi connectivity index (χ1) is 26.6. The predicted octanol–water partition coefficient (Wildman–Crippen LogP) is 12.5. The molecule has 0 saturated carbocycles. The Morgan fingerprint density at radius 3 is 1.31 bits per heavy atom. The van der Waals surface area contributed by atoms with Gasteiger partial charge in [0.25, 0.3) is 0 Å². The summed E-state index contributed by atoms with van der Waals surface area (Å²) in [7, 11) is 0. The quantitative estimate of drug-likeness (QED) is 0.141. The predicted molar refractivity (Wildman–Crippen MR) is 246 cm³/mol. The van der Waals surface area contributed by atoms with Crippen LogP contribution in [0.5, 0.6) is 0 Å². The van der Waals surface area contributed by atoms with Crippen molar-refractivity contribution in [2.24, 2.45) is 5.92 Å². The van der Waals surface area contributed by atoms with Crippen molar-refractivity contribution >= 4 is 11.9 Å². The van der Waals surface area contributed by atoms with Gasteiger partial charge in [-0.05, 0) is 121 Å². The van der Waals surface area contributed by atoms with E-state index in [2.05, 4.69) is 134 Å². The van der Waals surface area contributed by atoms with E-state index in [0.29, 0.717) is 18.8 Å². The molecule has 0 amide bonds. The summed E-state index contributed by atoms with van der Waals surface area (Å²) in [5.74, 6) is 0.414. The van der Waals surface area contributed by atoms with Crippen molar-refractivity contribution in [1.29, 1.82) is 0 Å². The van der Waals surface area contributed by atoms with Crippen LogP contribution in [-0.2, 0) is 39.4 Å². The fourth-order valence-electron chi connectivity index (χ4n) is 10.1. The van der Waals surface area contributed by atoms with Crippen molar-refractivity contribution < 1.29 is 28.5 Å². The molecule has 2 N–H and O–H groups in total. The standard InChI is InChI=1S/C28H52N2O4.C22H36O2.CH4/c1-25(2)17-21(18-26(3,4)29-25)33-23(31)15-13-11-9-10-12-14-16-24(32)34-22-19-27(5,6)30-28(7,8)20-22;1-9-10-16-13-23-20(24-14-16)17-11-18(21(3,4)5)15(2)19(12-17)22(6,7)8;/h21-22,29-30H,9-20H2,1-8H3;11-12,16,20H,9-10,13-14H2,1-8H3;1H4. The highest BCUT2D eigenvalue weighted by atomic mass is 16.7. The van der Waals surface area contributed by atoms with Crippen LogP contribution in [-0.4, -0.2) is 59.5 Å². The van der Waals surface area contributed by atoms with Crippen molar-refractivity contribution in [2.75, 3.05) is 13.2 Å². The Balaban J connectivity index is 0.000000423. The molecule has 3 saturated heterocycles. The molecule has 3 heterocycles. The van der Waals surface area contributed by atoms with E-state index in [9.17, 15) is 9.59 Å². The molecule has 3 fully saturated rings. The minimum atomic E-state index is -0.221. The third kappa shape index (κ3) is 18.5. The number of carbonyl (C=O) groups is 2. The number of ether oxygens (including phenoxy) is 4. The van der Waals surface area contributed by atoms with Crippen LogP contribution in [0.2, 0.25) is 0 Å². The molecule has 1 aromatic carbocycles. The maximum absolute atomic E-state index is 12.3. The Hall–Kier alpha value is -2.00. The van der Waals surface area contributed by atoms with Gasteiger partial charge in [-0.2, -0.15) is 0 Å². The molecule has 3 aliphatic rings. The van der Waals surface area contributed by atoms with Crippen molar-refractivity contribution in [3.05, 3.63) is 34.4 Å². The molecule has 1 aromatic rings. The Kier molecular flexibility index (Phi) is 19.7. The smallest absolute Gasteiger partial charge is 0.306 e. The minimum absolute atomic E-state index is 0. The SMILES string of the molecule is C.CC1(C)CC(OC(=O)CCCCCCCCC(=O)OC2CC(C)(C)NC(C)(C)C2)CC(C)(C)N1.CCCC1COC(c2cc(C(C)(C)C)c(C)c(C(C)(C)C)c2)OC1. The maximum atomic E-state index is 12.3. The third-order valence-electron chi connectivity index (χ3n) is 11.9. The van der Waals surface area contributed by atoms with E-state index >= 15 is 0 Å². The zero-order valence-corrected chi connectivity index (χ0v) is 40.2. The van der Waals surface area contributed by atoms with Crippen LogP contribution >= 0.6 is 0 Å². The summed E-state index contributed by atoms with van der Waals surface area (Å²) >= 11 is 0. The van der Waals surface area contributed by atoms with Crippen LogP contribution in [0.4, 0.5) is 0 Å². The lowest BCUT2D eigenvalue weighted by Gasteiger charge is -2.46. The van der Waals surface area contributed by atoms with E-state index < -0.39 is 0 Å². The van der Waals surface area contributed by atoms with Gasteiger partial charge in [-0.25, -0.2) is 0 Å². The number of nitrogens with one attached hydrogen (secondary N) is 2. The van der Waals surface area contributed by atoms with Gasteiger partial charge >= 0.3 is 11.9 Å². The second kappa shape index (κ2) is 21.9. The molecule has 59 heavy (non-hydrogen) atoms. The number of benzene rings is 1. The summed E-state index contributed by atoms with van der Waals surface area (Å²) in [6.45, 7) is 37.1. The second-order valence-corrected chi connectivity index (χ2v) is 22.8. The lowest BCUT2D eigenvalue weighted by molar-refractivity contribution is -0.206. The first kappa shape index (κ1) is 53.1. The summed E-state index contributed by atoms with van der Waals surface area (Å²) in [5, 5.41) is 7.25. The maximum Gasteiger partial charge on any atom is 0.306 e. The number of hydrogen-bond acceptors (Lipinski definition) is 8. The van der Waals surface area contributed by atoms with Crippen molar-refractivity contribution in [2.45, 2.75) is 260 Å². The Bertz CT molecular complexity index is 1330. The molecule has 8 heteroatoms. The third-order valence-corrected chi connectivity index (χ3v) is 11.9. The first-order valence-corrected chi connectivity index (χ1v) is 23.0. The molecule has 0 aromatic heterocycles. The van der Waals surface area contributed by atoms with E-state index in [4.69, 9.17) is 18.9 Å². The van der Waals surface area contributed by atoms with Crippen LogP contribution in [0.25, 0.3) is 0 Å². The van der Waals surface area contributed by atoms with Gasteiger partial charge in [0.15, 0.2) is 6.29 Å². The summed E-state index contributed by atoms with van der Waals surface area (Å²) < 4.78 is 23.7. The summed E-state index contributed by atoms with van der Waals surface area (Å²) in [6.07, 6.45) is 12.6. The molecule has 3 aliphatic heterocycles. The fourth-order valence-corrected chi connectivity index (χ4v) is 10.1. The normalized spacial score (nSPS) is 23.0. The molecule has 0 radical (unpaired) electrons. The Labute approximate surface area is 363 Å². The van der Waals surface area contributed by atoms with E-state index in [1.54, 1.807) is 0 Å². The van der Waals surface area contributed by atoms with E-state index in [0.717, 1.165) is 77.4 Å². The molecule has 8 nitrogen and oxygen atoms in total. The number of hydrogen-bond donors (Lipinski definition) is 2. The fraction of sp³-hybridized carbons (Fsp3) is 0.843. The molecule has 342 valence electrons. The molecule has 0 bridgehead atoms. The van der Waals surface area contributed by atoms with Crippen molar-refractivity contribution in [3.63, 3.8) is 0 Å². The van der Waals surface area contributed by atoms with Crippen molar-refractivity contribution in [1.82, 2.24) is 10.6 Å².